The summed E-state index contributed by atoms with van der Waals surface area (Å²) in [6.45, 7) is 0. The van der Waals surface area contributed by atoms with Crippen molar-refractivity contribution in [2.75, 3.05) is 5.32 Å². The molecule has 0 bridgehead atoms. The fraction of sp³-hybridized carbons (Fsp3) is 0. The summed E-state index contributed by atoms with van der Waals surface area (Å²) < 4.78 is 14.9. The lowest BCUT2D eigenvalue weighted by molar-refractivity contribution is 0.102. The molecule has 0 aliphatic carbocycles. The molecule has 4 rings (SSSR count). The molecule has 0 aliphatic rings. The van der Waals surface area contributed by atoms with Crippen LogP contribution in [-0.2, 0) is 0 Å². The number of nitrogens with one attached hydrogen (secondary N) is 1. The van der Waals surface area contributed by atoms with Gasteiger partial charge in [0.25, 0.3) is 5.91 Å². The molecule has 0 spiro atoms. The second-order valence-corrected chi connectivity index (χ2v) is 5.32. The number of fused-ring (bicyclic) bond motifs is 1. The molecule has 1 N–H and O–H groups in total. The van der Waals surface area contributed by atoms with Crippen molar-refractivity contribution in [2.45, 2.75) is 0 Å². The molecule has 4 aromatic rings. The van der Waals surface area contributed by atoms with Crippen LogP contribution in [-0.4, -0.2) is 25.3 Å². The number of amides is 1. The Balaban J connectivity index is 1.63. The summed E-state index contributed by atoms with van der Waals surface area (Å²) in [6, 6.07) is 13.5. The zero-order valence-electron chi connectivity index (χ0n) is 12.9. The fourth-order valence-electron chi connectivity index (χ4n) is 2.44. The van der Waals surface area contributed by atoms with Gasteiger partial charge in [0.2, 0.25) is 5.95 Å². The summed E-state index contributed by atoms with van der Waals surface area (Å²) in [4.78, 5) is 24.5. The molecule has 0 saturated carbocycles. The summed E-state index contributed by atoms with van der Waals surface area (Å²) in [5, 5.41) is 2.53. The first kappa shape index (κ1) is 14.9. The number of carbonyl (C=O) groups excluding carboxylic acids is 1. The molecule has 25 heavy (non-hydrogen) atoms. The van der Waals surface area contributed by atoms with Crippen LogP contribution in [0.4, 0.5) is 10.2 Å². The first-order chi connectivity index (χ1) is 12.2. The van der Waals surface area contributed by atoms with Gasteiger partial charge >= 0.3 is 0 Å². The molecular weight excluding hydrogens is 321 g/mol. The molecule has 4 aromatic heterocycles. The van der Waals surface area contributed by atoms with E-state index >= 15 is 0 Å². The smallest absolute Gasteiger partial charge is 0.277 e. The second-order valence-electron chi connectivity index (χ2n) is 5.32. The maximum absolute atomic E-state index is 13.1. The van der Waals surface area contributed by atoms with E-state index in [0.717, 1.165) is 11.3 Å². The van der Waals surface area contributed by atoms with Crippen molar-refractivity contribution in [3.63, 3.8) is 0 Å². The Morgan fingerprint density at radius 1 is 1.00 bits per heavy atom. The van der Waals surface area contributed by atoms with E-state index < -0.39 is 11.9 Å². The standard InChI is InChI=1S/C18H12FN5O/c19-15-5-3-6-16(22-15)23-18(25)14-11-24-10-12(7-8-17(24)21-14)13-4-1-2-9-20-13/h1-11H,(H,22,23,25). The SMILES string of the molecule is O=C(Nc1cccc(F)n1)c1cn2cc(-c3ccccn3)ccc2n1. The monoisotopic (exact) mass is 333 g/mol. The van der Waals surface area contributed by atoms with E-state index in [1.54, 1.807) is 22.9 Å². The average molecular weight is 333 g/mol. The zero-order valence-corrected chi connectivity index (χ0v) is 12.9. The van der Waals surface area contributed by atoms with Crippen LogP contribution < -0.4 is 5.32 Å². The molecular formula is C18H12FN5O. The normalized spacial score (nSPS) is 10.8. The van der Waals surface area contributed by atoms with E-state index in [2.05, 4.69) is 20.3 Å². The van der Waals surface area contributed by atoms with E-state index in [-0.39, 0.29) is 11.5 Å². The van der Waals surface area contributed by atoms with Gasteiger partial charge < -0.3 is 9.72 Å². The number of anilines is 1. The van der Waals surface area contributed by atoms with Crippen LogP contribution in [0.1, 0.15) is 10.5 Å². The topological polar surface area (TPSA) is 72.2 Å². The van der Waals surface area contributed by atoms with Gasteiger partial charge in [-0.15, -0.1) is 0 Å². The van der Waals surface area contributed by atoms with Crippen LogP contribution in [0, 0.1) is 5.95 Å². The number of rotatable bonds is 3. The highest BCUT2D eigenvalue weighted by Crippen LogP contribution is 2.18. The molecule has 0 unspecified atom stereocenters. The predicted molar refractivity (Wildman–Crippen MR) is 90.6 cm³/mol. The predicted octanol–water partition coefficient (Wildman–Crippen LogP) is 3.18. The van der Waals surface area contributed by atoms with E-state index in [1.807, 2.05) is 30.5 Å². The van der Waals surface area contributed by atoms with Gasteiger partial charge in [-0.25, -0.2) is 9.97 Å². The molecule has 0 atom stereocenters. The van der Waals surface area contributed by atoms with Crippen LogP contribution >= 0.6 is 0 Å². The van der Waals surface area contributed by atoms with Gasteiger partial charge in [-0.1, -0.05) is 12.1 Å². The third-order valence-electron chi connectivity index (χ3n) is 3.60. The average Bonchev–Trinajstić information content (AvgIpc) is 3.06. The summed E-state index contributed by atoms with van der Waals surface area (Å²) in [7, 11) is 0. The van der Waals surface area contributed by atoms with Gasteiger partial charge in [-0.05, 0) is 36.4 Å². The van der Waals surface area contributed by atoms with Gasteiger partial charge in [0.05, 0.1) is 5.69 Å². The van der Waals surface area contributed by atoms with Gasteiger partial charge in [0.15, 0.2) is 0 Å². The molecule has 0 radical (unpaired) electrons. The van der Waals surface area contributed by atoms with Crippen molar-refractivity contribution < 1.29 is 9.18 Å². The summed E-state index contributed by atoms with van der Waals surface area (Å²) in [6.07, 6.45) is 5.18. The largest absolute Gasteiger partial charge is 0.306 e. The number of hydrogen-bond donors (Lipinski definition) is 1. The van der Waals surface area contributed by atoms with Gasteiger partial charge in [0.1, 0.15) is 17.2 Å². The summed E-state index contributed by atoms with van der Waals surface area (Å²) in [5.74, 6) is -0.981. The molecule has 6 nitrogen and oxygen atoms in total. The van der Waals surface area contributed by atoms with Crippen LogP contribution in [0.5, 0.6) is 0 Å². The van der Waals surface area contributed by atoms with Gasteiger partial charge in [0, 0.05) is 24.2 Å². The number of nitrogens with zero attached hydrogens (tertiary/aromatic N) is 4. The Labute approximate surface area is 142 Å². The van der Waals surface area contributed by atoms with E-state index in [0.29, 0.717) is 5.65 Å². The number of halogens is 1. The van der Waals surface area contributed by atoms with Crippen molar-refractivity contribution in [1.82, 2.24) is 19.4 Å². The fourth-order valence-corrected chi connectivity index (χ4v) is 2.44. The number of hydrogen-bond acceptors (Lipinski definition) is 4. The second kappa shape index (κ2) is 6.12. The van der Waals surface area contributed by atoms with Crippen LogP contribution in [0.3, 0.4) is 0 Å². The van der Waals surface area contributed by atoms with E-state index in [1.165, 1.54) is 18.2 Å². The minimum atomic E-state index is -0.659. The number of pyridine rings is 3. The molecule has 0 fully saturated rings. The molecule has 1 amide bonds. The number of aromatic nitrogens is 4. The summed E-state index contributed by atoms with van der Waals surface area (Å²) in [5.41, 5.74) is 2.57. The Morgan fingerprint density at radius 2 is 1.92 bits per heavy atom. The molecule has 7 heteroatoms. The minimum Gasteiger partial charge on any atom is -0.306 e. The lowest BCUT2D eigenvalue weighted by atomic mass is 10.2. The number of imidazole rings is 1. The molecule has 4 heterocycles. The third-order valence-corrected chi connectivity index (χ3v) is 3.60. The number of carbonyl (C=O) groups is 1. The van der Waals surface area contributed by atoms with Crippen molar-refractivity contribution >= 4 is 17.4 Å². The Kier molecular flexibility index (Phi) is 3.66. The highest BCUT2D eigenvalue weighted by atomic mass is 19.1. The Morgan fingerprint density at radius 3 is 2.72 bits per heavy atom. The minimum absolute atomic E-state index is 0.135. The molecule has 122 valence electrons. The van der Waals surface area contributed by atoms with Crippen molar-refractivity contribution in [2.24, 2.45) is 0 Å². The van der Waals surface area contributed by atoms with Crippen LogP contribution in [0.2, 0.25) is 0 Å². The van der Waals surface area contributed by atoms with E-state index in [9.17, 15) is 9.18 Å². The third kappa shape index (κ3) is 3.07. The lowest BCUT2D eigenvalue weighted by Crippen LogP contribution is -2.13. The van der Waals surface area contributed by atoms with Crippen LogP contribution in [0.15, 0.2) is 67.1 Å². The maximum Gasteiger partial charge on any atom is 0.277 e. The highest BCUT2D eigenvalue weighted by Gasteiger charge is 2.12. The van der Waals surface area contributed by atoms with Crippen molar-refractivity contribution in [3.8, 4) is 11.3 Å². The summed E-state index contributed by atoms with van der Waals surface area (Å²) >= 11 is 0. The van der Waals surface area contributed by atoms with Gasteiger partial charge in [-0.2, -0.15) is 4.39 Å². The Hall–Kier alpha value is -3.61. The molecule has 0 saturated heterocycles. The van der Waals surface area contributed by atoms with Crippen molar-refractivity contribution in [3.05, 3.63) is 78.8 Å². The Bertz CT molecular complexity index is 1060. The zero-order chi connectivity index (χ0) is 17.2. The van der Waals surface area contributed by atoms with Crippen LogP contribution in [0.25, 0.3) is 16.9 Å². The highest BCUT2D eigenvalue weighted by molar-refractivity contribution is 6.02. The molecule has 0 aliphatic heterocycles. The molecule has 0 aromatic carbocycles. The maximum atomic E-state index is 13.1. The van der Waals surface area contributed by atoms with Gasteiger partial charge in [-0.3, -0.25) is 9.78 Å². The van der Waals surface area contributed by atoms with E-state index in [4.69, 9.17) is 0 Å². The first-order valence-corrected chi connectivity index (χ1v) is 7.53. The lowest BCUT2D eigenvalue weighted by Gasteiger charge is -2.01. The quantitative estimate of drug-likeness (QED) is 0.585. The van der Waals surface area contributed by atoms with Crippen molar-refractivity contribution in [1.29, 1.82) is 0 Å². The first-order valence-electron chi connectivity index (χ1n) is 7.53.